The molecule has 0 aliphatic heterocycles. The van der Waals surface area contributed by atoms with Gasteiger partial charge in [0.15, 0.2) is 0 Å². The molecule has 5 nitrogen and oxygen atoms in total. The lowest BCUT2D eigenvalue weighted by atomic mass is 10.1. The molecular formula is C21H14F2N2O3S2. The van der Waals surface area contributed by atoms with Gasteiger partial charge in [-0.3, -0.25) is 4.79 Å². The molecule has 2 aromatic carbocycles. The number of benzene rings is 2. The number of anilines is 1. The van der Waals surface area contributed by atoms with Gasteiger partial charge in [0.25, 0.3) is 5.91 Å². The van der Waals surface area contributed by atoms with Crippen LogP contribution in [0.2, 0.25) is 0 Å². The normalized spacial score (nSPS) is 11.7. The standard InChI is InChI=1S/C21H14F2N2O3S2/c22-21(23)30(27,28)19-10-4-3-8-16(19)25-20(26)14-12-17(18-9-5-11-29-18)24-15-7-2-1-6-13(14)15/h1-12,21H,(H,25,26). The fourth-order valence-electron chi connectivity index (χ4n) is 3.02. The predicted octanol–water partition coefficient (Wildman–Crippen LogP) is 5.21. The highest BCUT2D eigenvalue weighted by atomic mass is 32.2. The van der Waals surface area contributed by atoms with Crippen molar-refractivity contribution in [2.45, 2.75) is 10.7 Å². The number of fused-ring (bicyclic) bond motifs is 1. The van der Waals surface area contributed by atoms with Crippen molar-refractivity contribution in [1.29, 1.82) is 0 Å². The van der Waals surface area contributed by atoms with Crippen LogP contribution < -0.4 is 5.32 Å². The minimum absolute atomic E-state index is 0.207. The van der Waals surface area contributed by atoms with Crippen molar-refractivity contribution in [3.63, 3.8) is 0 Å². The number of thiophene rings is 1. The van der Waals surface area contributed by atoms with Gasteiger partial charge in [0.1, 0.15) is 0 Å². The molecule has 0 unspecified atom stereocenters. The van der Waals surface area contributed by atoms with Gasteiger partial charge in [0.05, 0.1) is 32.2 Å². The SMILES string of the molecule is O=C(Nc1ccccc1S(=O)(=O)C(F)F)c1cc(-c2cccs2)nc2ccccc12. The van der Waals surface area contributed by atoms with Crippen molar-refractivity contribution in [3.8, 4) is 10.6 Å². The second-order valence-electron chi connectivity index (χ2n) is 6.31. The molecule has 2 aromatic heterocycles. The van der Waals surface area contributed by atoms with E-state index in [1.54, 1.807) is 30.3 Å². The van der Waals surface area contributed by atoms with E-state index < -0.39 is 26.4 Å². The molecule has 152 valence electrons. The highest BCUT2D eigenvalue weighted by molar-refractivity contribution is 7.91. The van der Waals surface area contributed by atoms with Crippen LogP contribution >= 0.6 is 11.3 Å². The molecule has 0 spiro atoms. The number of carbonyl (C=O) groups is 1. The molecule has 0 radical (unpaired) electrons. The first-order valence-electron chi connectivity index (χ1n) is 8.74. The Morgan fingerprint density at radius 3 is 2.47 bits per heavy atom. The van der Waals surface area contributed by atoms with Crippen LogP contribution in [0.5, 0.6) is 0 Å². The minimum Gasteiger partial charge on any atom is -0.321 e. The van der Waals surface area contributed by atoms with Crippen molar-refractivity contribution in [2.24, 2.45) is 0 Å². The first kappa shape index (κ1) is 20.1. The summed E-state index contributed by atoms with van der Waals surface area (Å²) in [4.78, 5) is 17.9. The lowest BCUT2D eigenvalue weighted by Gasteiger charge is -2.13. The van der Waals surface area contributed by atoms with E-state index in [1.807, 2.05) is 17.5 Å². The Balaban J connectivity index is 1.81. The summed E-state index contributed by atoms with van der Waals surface area (Å²) in [6.07, 6.45) is 0. The number of aromatic nitrogens is 1. The van der Waals surface area contributed by atoms with E-state index >= 15 is 0 Å². The van der Waals surface area contributed by atoms with Gasteiger partial charge in [-0.05, 0) is 35.7 Å². The largest absolute Gasteiger partial charge is 0.341 e. The zero-order valence-corrected chi connectivity index (χ0v) is 16.9. The van der Waals surface area contributed by atoms with Crippen LogP contribution in [0.15, 0.2) is 77.0 Å². The Kier molecular flexibility index (Phi) is 5.31. The fourth-order valence-corrected chi connectivity index (χ4v) is 4.59. The van der Waals surface area contributed by atoms with E-state index in [9.17, 15) is 22.0 Å². The minimum atomic E-state index is -4.88. The molecule has 30 heavy (non-hydrogen) atoms. The number of nitrogens with zero attached hydrogens (tertiary/aromatic N) is 1. The van der Waals surface area contributed by atoms with Gasteiger partial charge < -0.3 is 5.32 Å². The average Bonchev–Trinajstić information content (AvgIpc) is 3.28. The number of para-hydroxylation sites is 2. The first-order valence-corrected chi connectivity index (χ1v) is 11.2. The summed E-state index contributed by atoms with van der Waals surface area (Å²) in [6, 6.07) is 17.5. The van der Waals surface area contributed by atoms with Crippen molar-refractivity contribution in [1.82, 2.24) is 4.98 Å². The maximum Gasteiger partial charge on any atom is 0.341 e. The zero-order chi connectivity index (χ0) is 21.3. The highest BCUT2D eigenvalue weighted by Crippen LogP contribution is 2.30. The number of halogens is 2. The van der Waals surface area contributed by atoms with Gasteiger partial charge in [0.2, 0.25) is 9.84 Å². The molecule has 0 saturated carbocycles. The van der Waals surface area contributed by atoms with Crippen LogP contribution in [0.25, 0.3) is 21.5 Å². The number of nitrogens with one attached hydrogen (secondary N) is 1. The van der Waals surface area contributed by atoms with E-state index in [0.717, 1.165) is 10.9 Å². The second-order valence-corrected chi connectivity index (χ2v) is 9.14. The summed E-state index contributed by atoms with van der Waals surface area (Å²) in [5.74, 6) is -4.22. The fraction of sp³-hybridized carbons (Fsp3) is 0.0476. The number of carbonyl (C=O) groups excluding carboxylic acids is 1. The van der Waals surface area contributed by atoms with Gasteiger partial charge in [-0.25, -0.2) is 13.4 Å². The Morgan fingerprint density at radius 2 is 1.73 bits per heavy atom. The number of rotatable bonds is 5. The summed E-state index contributed by atoms with van der Waals surface area (Å²) in [5, 5.41) is 4.92. The van der Waals surface area contributed by atoms with E-state index in [-0.39, 0.29) is 11.3 Å². The van der Waals surface area contributed by atoms with Crippen molar-refractivity contribution < 1.29 is 22.0 Å². The number of amides is 1. The predicted molar refractivity (Wildman–Crippen MR) is 113 cm³/mol. The molecule has 9 heteroatoms. The molecule has 0 aliphatic rings. The van der Waals surface area contributed by atoms with Crippen LogP contribution in [0.1, 0.15) is 10.4 Å². The van der Waals surface area contributed by atoms with Crippen LogP contribution in [0.3, 0.4) is 0 Å². The molecular weight excluding hydrogens is 430 g/mol. The van der Waals surface area contributed by atoms with Gasteiger partial charge in [-0.2, -0.15) is 8.78 Å². The summed E-state index contributed by atoms with van der Waals surface area (Å²) < 4.78 is 50.1. The Bertz CT molecular complexity index is 1340. The molecule has 0 bridgehead atoms. The zero-order valence-electron chi connectivity index (χ0n) is 15.2. The van der Waals surface area contributed by atoms with Crippen LogP contribution in [0.4, 0.5) is 14.5 Å². The molecule has 0 atom stereocenters. The van der Waals surface area contributed by atoms with E-state index in [1.165, 1.54) is 29.5 Å². The number of pyridine rings is 1. The monoisotopic (exact) mass is 444 g/mol. The van der Waals surface area contributed by atoms with Crippen LogP contribution in [-0.2, 0) is 9.84 Å². The van der Waals surface area contributed by atoms with Crippen LogP contribution in [0, 0.1) is 0 Å². The van der Waals surface area contributed by atoms with Crippen molar-refractivity contribution in [3.05, 3.63) is 77.7 Å². The van der Waals surface area contributed by atoms with Gasteiger partial charge in [0, 0.05) is 5.39 Å². The Hall–Kier alpha value is -3.17. The number of sulfone groups is 1. The van der Waals surface area contributed by atoms with Gasteiger partial charge in [-0.15, -0.1) is 11.3 Å². The van der Waals surface area contributed by atoms with Gasteiger partial charge >= 0.3 is 5.76 Å². The topological polar surface area (TPSA) is 76.1 Å². The highest BCUT2D eigenvalue weighted by Gasteiger charge is 2.29. The second kappa shape index (κ2) is 7.92. The van der Waals surface area contributed by atoms with Gasteiger partial charge in [-0.1, -0.05) is 36.4 Å². The molecule has 0 saturated heterocycles. The quantitative estimate of drug-likeness (QED) is 0.458. The van der Waals surface area contributed by atoms with E-state index in [4.69, 9.17) is 0 Å². The average molecular weight is 444 g/mol. The third kappa shape index (κ3) is 3.69. The van der Waals surface area contributed by atoms with Crippen molar-refractivity contribution >= 4 is 43.7 Å². The molecule has 0 fully saturated rings. The van der Waals surface area contributed by atoms with Crippen molar-refractivity contribution in [2.75, 3.05) is 5.32 Å². The Labute approximate surface area is 174 Å². The summed E-state index contributed by atoms with van der Waals surface area (Å²) >= 11 is 1.46. The molecule has 4 aromatic rings. The van der Waals surface area contributed by atoms with E-state index in [2.05, 4.69) is 10.3 Å². The molecule has 4 rings (SSSR count). The first-order chi connectivity index (χ1) is 14.4. The summed E-state index contributed by atoms with van der Waals surface area (Å²) in [5.41, 5.74) is 1.22. The number of hydrogen-bond donors (Lipinski definition) is 1. The third-order valence-electron chi connectivity index (χ3n) is 4.41. The molecule has 2 heterocycles. The van der Waals surface area contributed by atoms with E-state index in [0.29, 0.717) is 16.6 Å². The number of alkyl halides is 2. The molecule has 1 amide bonds. The molecule has 1 N–H and O–H groups in total. The Morgan fingerprint density at radius 1 is 1.00 bits per heavy atom. The maximum atomic E-state index is 13.1. The third-order valence-corrected chi connectivity index (χ3v) is 6.74. The molecule has 0 aliphatic carbocycles. The number of hydrogen-bond acceptors (Lipinski definition) is 5. The lowest BCUT2D eigenvalue weighted by Crippen LogP contribution is -2.18. The lowest BCUT2D eigenvalue weighted by molar-refractivity contribution is 0.102. The maximum absolute atomic E-state index is 13.1. The summed E-state index contributed by atoms with van der Waals surface area (Å²) in [7, 11) is -4.88. The summed E-state index contributed by atoms with van der Waals surface area (Å²) in [6.45, 7) is 0. The smallest absolute Gasteiger partial charge is 0.321 e. The van der Waals surface area contributed by atoms with Crippen LogP contribution in [-0.4, -0.2) is 25.1 Å².